The Labute approximate surface area is 147 Å². The number of ether oxygens (including phenoxy) is 2. The molecule has 3 rings (SSSR count). The lowest BCUT2D eigenvalue weighted by atomic mass is 10.1. The van der Waals surface area contributed by atoms with Gasteiger partial charge in [0.05, 0.1) is 13.2 Å². The van der Waals surface area contributed by atoms with Gasteiger partial charge in [-0.05, 0) is 31.2 Å². The zero-order chi connectivity index (χ0) is 17.6. The predicted molar refractivity (Wildman–Crippen MR) is 93.8 cm³/mol. The number of likely N-dealkylation sites (N-methyl/N-ethyl adjacent to an activating group) is 1. The standard InChI is InChI=1S/C18H24N4O3/c1-4-5-13-6-7-15(16(10-13)23-3)24-12-17-20-18(21-25-17)14-11-19-8-9-22(14)2/h4,6-7,10,14,19H,1,5,8-9,11-12H2,2-3H3. The molecule has 1 unspecified atom stereocenters. The van der Waals surface area contributed by atoms with E-state index in [4.69, 9.17) is 14.0 Å². The number of rotatable bonds is 7. The molecule has 25 heavy (non-hydrogen) atoms. The molecule has 2 aromatic rings. The van der Waals surface area contributed by atoms with Crippen LogP contribution in [0.2, 0.25) is 0 Å². The molecule has 1 saturated heterocycles. The van der Waals surface area contributed by atoms with Gasteiger partial charge in [0, 0.05) is 19.6 Å². The Morgan fingerprint density at radius 1 is 1.44 bits per heavy atom. The van der Waals surface area contributed by atoms with E-state index < -0.39 is 0 Å². The maximum atomic E-state index is 5.80. The van der Waals surface area contributed by atoms with Gasteiger partial charge in [0.2, 0.25) is 0 Å². The van der Waals surface area contributed by atoms with Gasteiger partial charge in [0.1, 0.15) is 0 Å². The molecule has 0 saturated carbocycles. The molecule has 1 aromatic heterocycles. The van der Waals surface area contributed by atoms with Crippen LogP contribution in [0.5, 0.6) is 11.5 Å². The van der Waals surface area contributed by atoms with Gasteiger partial charge in [-0.25, -0.2) is 0 Å². The molecule has 7 heteroatoms. The van der Waals surface area contributed by atoms with Gasteiger partial charge in [0.15, 0.2) is 23.9 Å². The summed E-state index contributed by atoms with van der Waals surface area (Å²) < 4.78 is 16.5. The van der Waals surface area contributed by atoms with Crippen molar-refractivity contribution in [3.05, 3.63) is 48.1 Å². The van der Waals surface area contributed by atoms with E-state index in [0.29, 0.717) is 23.2 Å². The van der Waals surface area contributed by atoms with Crippen molar-refractivity contribution in [3.8, 4) is 11.5 Å². The first-order chi connectivity index (χ1) is 12.2. The van der Waals surface area contributed by atoms with Crippen LogP contribution >= 0.6 is 0 Å². The molecule has 1 atom stereocenters. The average molecular weight is 344 g/mol. The van der Waals surface area contributed by atoms with Gasteiger partial charge >= 0.3 is 0 Å². The first-order valence-electron chi connectivity index (χ1n) is 8.35. The minimum Gasteiger partial charge on any atom is -0.493 e. The van der Waals surface area contributed by atoms with Crippen molar-refractivity contribution in [1.29, 1.82) is 0 Å². The summed E-state index contributed by atoms with van der Waals surface area (Å²) in [6.07, 6.45) is 2.64. The fourth-order valence-corrected chi connectivity index (χ4v) is 2.82. The summed E-state index contributed by atoms with van der Waals surface area (Å²) in [5, 5.41) is 7.44. The quantitative estimate of drug-likeness (QED) is 0.770. The monoisotopic (exact) mass is 344 g/mol. The molecule has 7 nitrogen and oxygen atoms in total. The minimum atomic E-state index is 0.124. The number of nitrogens with zero attached hydrogens (tertiary/aromatic N) is 3. The third-order valence-corrected chi connectivity index (χ3v) is 4.25. The van der Waals surface area contributed by atoms with Gasteiger partial charge in [-0.1, -0.05) is 17.3 Å². The lowest BCUT2D eigenvalue weighted by Crippen LogP contribution is -2.44. The summed E-state index contributed by atoms with van der Waals surface area (Å²) in [4.78, 5) is 6.68. The van der Waals surface area contributed by atoms with Crippen LogP contribution in [0.25, 0.3) is 0 Å². The van der Waals surface area contributed by atoms with Crippen LogP contribution < -0.4 is 14.8 Å². The Balaban J connectivity index is 1.65. The SMILES string of the molecule is C=CCc1ccc(OCc2nc(C3CNCCN3C)no2)c(OC)c1. The zero-order valence-electron chi connectivity index (χ0n) is 14.7. The summed E-state index contributed by atoms with van der Waals surface area (Å²) in [5.41, 5.74) is 1.12. The lowest BCUT2D eigenvalue weighted by molar-refractivity contribution is 0.189. The van der Waals surface area contributed by atoms with Crippen LogP contribution in [0.1, 0.15) is 23.3 Å². The Hall–Kier alpha value is -2.38. The van der Waals surface area contributed by atoms with E-state index in [1.54, 1.807) is 7.11 Å². The predicted octanol–water partition coefficient (Wildman–Crippen LogP) is 1.96. The summed E-state index contributed by atoms with van der Waals surface area (Å²) in [6, 6.07) is 5.94. The molecule has 1 N–H and O–H groups in total. The summed E-state index contributed by atoms with van der Waals surface area (Å²) >= 11 is 0. The molecule has 1 aliphatic heterocycles. The second-order valence-corrected chi connectivity index (χ2v) is 6.01. The summed E-state index contributed by atoms with van der Waals surface area (Å²) in [7, 11) is 3.68. The Kier molecular flexibility index (Phi) is 5.67. The number of aromatic nitrogens is 2. The Bertz CT molecular complexity index is 716. The number of piperazine rings is 1. The van der Waals surface area contributed by atoms with Gasteiger partial charge in [0.25, 0.3) is 5.89 Å². The number of nitrogens with one attached hydrogen (secondary N) is 1. The number of benzene rings is 1. The van der Waals surface area contributed by atoms with Crippen molar-refractivity contribution >= 4 is 0 Å². The van der Waals surface area contributed by atoms with Gasteiger partial charge in [-0.3, -0.25) is 4.90 Å². The van der Waals surface area contributed by atoms with Gasteiger partial charge in [-0.2, -0.15) is 4.98 Å². The topological polar surface area (TPSA) is 72.7 Å². The third-order valence-electron chi connectivity index (χ3n) is 4.25. The van der Waals surface area contributed by atoms with Crippen LogP contribution in [-0.4, -0.2) is 48.8 Å². The molecule has 0 radical (unpaired) electrons. The molecule has 1 fully saturated rings. The average Bonchev–Trinajstić information content (AvgIpc) is 3.10. The smallest absolute Gasteiger partial charge is 0.264 e. The maximum absolute atomic E-state index is 5.80. The van der Waals surface area contributed by atoms with E-state index in [9.17, 15) is 0 Å². The fourth-order valence-electron chi connectivity index (χ4n) is 2.82. The van der Waals surface area contributed by atoms with Crippen molar-refractivity contribution in [2.45, 2.75) is 19.1 Å². The highest BCUT2D eigenvalue weighted by atomic mass is 16.5. The number of hydrogen-bond acceptors (Lipinski definition) is 7. The highest BCUT2D eigenvalue weighted by molar-refractivity contribution is 5.43. The lowest BCUT2D eigenvalue weighted by Gasteiger charge is -2.30. The highest BCUT2D eigenvalue weighted by Crippen LogP contribution is 2.29. The van der Waals surface area contributed by atoms with Crippen molar-refractivity contribution in [2.75, 3.05) is 33.8 Å². The molecule has 0 amide bonds. The largest absolute Gasteiger partial charge is 0.493 e. The van der Waals surface area contributed by atoms with Crippen LogP contribution in [0, 0.1) is 0 Å². The van der Waals surface area contributed by atoms with E-state index in [-0.39, 0.29) is 12.6 Å². The van der Waals surface area contributed by atoms with E-state index in [2.05, 4.69) is 34.0 Å². The first kappa shape index (κ1) is 17.4. The molecule has 1 aliphatic rings. The molecule has 0 spiro atoms. The second kappa shape index (κ2) is 8.13. The molecule has 1 aromatic carbocycles. The maximum Gasteiger partial charge on any atom is 0.264 e. The third kappa shape index (κ3) is 4.18. The summed E-state index contributed by atoms with van der Waals surface area (Å²) in [6.45, 7) is 6.70. The Morgan fingerprint density at radius 2 is 2.32 bits per heavy atom. The number of allylic oxidation sites excluding steroid dienone is 1. The summed E-state index contributed by atoms with van der Waals surface area (Å²) in [5.74, 6) is 2.45. The van der Waals surface area contributed by atoms with Crippen LogP contribution in [-0.2, 0) is 13.0 Å². The van der Waals surface area contributed by atoms with E-state index in [1.807, 2.05) is 24.3 Å². The highest BCUT2D eigenvalue weighted by Gasteiger charge is 2.25. The first-order valence-corrected chi connectivity index (χ1v) is 8.35. The van der Waals surface area contributed by atoms with E-state index >= 15 is 0 Å². The van der Waals surface area contributed by atoms with Crippen LogP contribution in [0.3, 0.4) is 0 Å². The van der Waals surface area contributed by atoms with Crippen molar-refractivity contribution < 1.29 is 14.0 Å². The molecule has 2 heterocycles. The molecular formula is C18H24N4O3. The Morgan fingerprint density at radius 3 is 3.08 bits per heavy atom. The van der Waals surface area contributed by atoms with Crippen molar-refractivity contribution in [3.63, 3.8) is 0 Å². The van der Waals surface area contributed by atoms with Gasteiger partial charge < -0.3 is 19.3 Å². The van der Waals surface area contributed by atoms with Crippen LogP contribution in [0.4, 0.5) is 0 Å². The second-order valence-electron chi connectivity index (χ2n) is 6.01. The molecular weight excluding hydrogens is 320 g/mol. The zero-order valence-corrected chi connectivity index (χ0v) is 14.7. The fraction of sp³-hybridized carbons (Fsp3) is 0.444. The normalized spacial score (nSPS) is 18.1. The molecule has 0 bridgehead atoms. The van der Waals surface area contributed by atoms with Crippen molar-refractivity contribution in [2.24, 2.45) is 0 Å². The number of methoxy groups -OCH3 is 1. The van der Waals surface area contributed by atoms with E-state index in [1.165, 1.54) is 0 Å². The minimum absolute atomic E-state index is 0.124. The van der Waals surface area contributed by atoms with Crippen LogP contribution in [0.15, 0.2) is 35.4 Å². The number of hydrogen-bond donors (Lipinski definition) is 1. The van der Waals surface area contributed by atoms with Gasteiger partial charge in [-0.15, -0.1) is 6.58 Å². The molecule has 134 valence electrons. The van der Waals surface area contributed by atoms with E-state index in [0.717, 1.165) is 31.6 Å². The van der Waals surface area contributed by atoms with Crippen molar-refractivity contribution in [1.82, 2.24) is 20.4 Å². The molecule has 0 aliphatic carbocycles.